The number of halogens is 1. The molecule has 0 aliphatic carbocycles. The van der Waals surface area contributed by atoms with Crippen molar-refractivity contribution in [1.82, 2.24) is 0 Å². The molecule has 0 saturated heterocycles. The normalized spacial score (nSPS) is 12.7. The summed E-state index contributed by atoms with van der Waals surface area (Å²) in [4.78, 5) is 24.8. The number of amides is 1. The molecule has 140 valence electrons. The third kappa shape index (κ3) is 3.85. The highest BCUT2D eigenvalue weighted by molar-refractivity contribution is 14.1. The number of aryl methyl sites for hydroxylation is 2. The molecule has 0 fully saturated rings. The number of anilines is 1. The van der Waals surface area contributed by atoms with Crippen molar-refractivity contribution in [2.45, 2.75) is 38.0 Å². The van der Waals surface area contributed by atoms with Gasteiger partial charge in [-0.3, -0.25) is 9.59 Å². The molecule has 1 aromatic heterocycles. The standard InChI is InChI=1S/C17H19IN2O4S2/c1-8-7-9(2)15(13(10(3)21)14(8)18)20-17(22)16-12(5-6-25-16)26(23,24)11(4)19/h5-7,11H,19H2,1-4H3,(H,20,22)/t11-/m1/s1. The van der Waals surface area contributed by atoms with Gasteiger partial charge in [-0.15, -0.1) is 11.3 Å². The fourth-order valence-corrected chi connectivity index (χ4v) is 5.59. The largest absolute Gasteiger partial charge is 0.320 e. The van der Waals surface area contributed by atoms with Gasteiger partial charge in [-0.1, -0.05) is 6.07 Å². The molecule has 0 unspecified atom stereocenters. The quantitative estimate of drug-likeness (QED) is 0.477. The average molecular weight is 506 g/mol. The van der Waals surface area contributed by atoms with Crippen LogP contribution in [-0.2, 0) is 9.84 Å². The van der Waals surface area contributed by atoms with Gasteiger partial charge in [0.15, 0.2) is 15.6 Å². The van der Waals surface area contributed by atoms with Gasteiger partial charge in [-0.2, -0.15) is 0 Å². The van der Waals surface area contributed by atoms with Gasteiger partial charge < -0.3 is 11.1 Å². The number of thiophene rings is 1. The summed E-state index contributed by atoms with van der Waals surface area (Å²) in [6.45, 7) is 6.47. The van der Waals surface area contributed by atoms with Crippen LogP contribution in [-0.4, -0.2) is 25.5 Å². The zero-order chi connectivity index (χ0) is 19.8. The zero-order valence-corrected chi connectivity index (χ0v) is 18.5. The summed E-state index contributed by atoms with van der Waals surface area (Å²) >= 11 is 3.08. The number of hydrogen-bond acceptors (Lipinski definition) is 6. The van der Waals surface area contributed by atoms with E-state index in [0.29, 0.717) is 11.3 Å². The second-order valence-corrected chi connectivity index (χ2v) is 10.2. The summed E-state index contributed by atoms with van der Waals surface area (Å²) in [6.07, 6.45) is 0. The first-order chi connectivity index (χ1) is 12.0. The molecular weight excluding hydrogens is 487 g/mol. The summed E-state index contributed by atoms with van der Waals surface area (Å²) in [5, 5.41) is 3.13. The molecule has 0 aliphatic rings. The lowest BCUT2D eigenvalue weighted by molar-refractivity contribution is 0.101. The van der Waals surface area contributed by atoms with E-state index in [2.05, 4.69) is 27.9 Å². The van der Waals surface area contributed by atoms with E-state index in [4.69, 9.17) is 5.73 Å². The molecule has 2 rings (SSSR count). The number of Topliss-reactive ketones (excluding diaryl/α,β-unsaturated/α-hetero) is 1. The first-order valence-electron chi connectivity index (χ1n) is 7.67. The summed E-state index contributed by atoms with van der Waals surface area (Å²) in [7, 11) is -3.79. The Balaban J connectivity index is 2.53. The molecule has 6 nitrogen and oxygen atoms in total. The predicted octanol–water partition coefficient (Wildman–Crippen LogP) is 3.50. The van der Waals surface area contributed by atoms with Gasteiger partial charge in [0, 0.05) is 3.57 Å². The van der Waals surface area contributed by atoms with E-state index in [0.717, 1.165) is 26.0 Å². The van der Waals surface area contributed by atoms with Crippen LogP contribution < -0.4 is 11.1 Å². The molecule has 9 heteroatoms. The van der Waals surface area contributed by atoms with E-state index < -0.39 is 21.1 Å². The van der Waals surface area contributed by atoms with Gasteiger partial charge in [-0.05, 0) is 72.9 Å². The summed E-state index contributed by atoms with van der Waals surface area (Å²) in [6, 6.07) is 3.24. The molecule has 1 aromatic carbocycles. The van der Waals surface area contributed by atoms with Gasteiger partial charge in [-0.25, -0.2) is 8.42 Å². The molecule has 2 aromatic rings. The van der Waals surface area contributed by atoms with Gasteiger partial charge in [0.1, 0.15) is 10.3 Å². The first kappa shape index (κ1) is 21.0. The van der Waals surface area contributed by atoms with Crippen molar-refractivity contribution in [2.24, 2.45) is 5.73 Å². The van der Waals surface area contributed by atoms with E-state index in [-0.39, 0.29) is 15.6 Å². The van der Waals surface area contributed by atoms with Gasteiger partial charge >= 0.3 is 0 Å². The molecule has 3 N–H and O–H groups in total. The van der Waals surface area contributed by atoms with Crippen molar-refractivity contribution in [1.29, 1.82) is 0 Å². The molecule has 0 saturated carbocycles. The second-order valence-electron chi connectivity index (χ2n) is 5.95. The Bertz CT molecular complexity index is 994. The first-order valence-corrected chi connectivity index (χ1v) is 11.2. The van der Waals surface area contributed by atoms with Crippen molar-refractivity contribution in [3.63, 3.8) is 0 Å². The maximum absolute atomic E-state index is 12.8. The number of sulfone groups is 1. The Labute approximate surface area is 170 Å². The lowest BCUT2D eigenvalue weighted by Gasteiger charge is -2.16. The maximum Gasteiger partial charge on any atom is 0.267 e. The van der Waals surface area contributed by atoms with Crippen LogP contribution in [0.3, 0.4) is 0 Å². The van der Waals surface area contributed by atoms with E-state index in [1.54, 1.807) is 6.92 Å². The number of carbonyl (C=O) groups excluding carboxylic acids is 2. The molecule has 0 bridgehead atoms. The fraction of sp³-hybridized carbons (Fsp3) is 0.294. The Kier molecular flexibility index (Phi) is 6.26. The SMILES string of the molecule is CC(=O)c1c(I)c(C)cc(C)c1NC(=O)c1sccc1S(=O)(=O)[C@H](C)N. The Morgan fingerprint density at radius 2 is 1.88 bits per heavy atom. The van der Waals surface area contributed by atoms with Crippen LogP contribution in [0, 0.1) is 17.4 Å². The van der Waals surface area contributed by atoms with Crippen LogP contribution >= 0.6 is 33.9 Å². The smallest absolute Gasteiger partial charge is 0.267 e. The highest BCUT2D eigenvalue weighted by Gasteiger charge is 2.28. The van der Waals surface area contributed by atoms with E-state index in [1.807, 2.05) is 13.0 Å². The van der Waals surface area contributed by atoms with Crippen LogP contribution in [0.5, 0.6) is 0 Å². The fourth-order valence-electron chi connectivity index (χ4n) is 2.51. The topological polar surface area (TPSA) is 106 Å². The molecule has 1 atom stereocenters. The van der Waals surface area contributed by atoms with E-state index in [1.165, 1.54) is 25.3 Å². The minimum Gasteiger partial charge on any atom is -0.320 e. The van der Waals surface area contributed by atoms with Crippen molar-refractivity contribution in [3.05, 3.63) is 42.7 Å². The summed E-state index contributed by atoms with van der Waals surface area (Å²) in [5.41, 5.74) is 8.03. The van der Waals surface area contributed by atoms with Crippen LogP contribution in [0.4, 0.5) is 5.69 Å². The number of carbonyl (C=O) groups is 2. The van der Waals surface area contributed by atoms with Crippen LogP contribution in [0.25, 0.3) is 0 Å². The van der Waals surface area contributed by atoms with Crippen molar-refractivity contribution >= 4 is 61.1 Å². The molecule has 26 heavy (non-hydrogen) atoms. The predicted molar refractivity (Wildman–Crippen MR) is 112 cm³/mol. The number of nitrogens with two attached hydrogens (primary N) is 1. The molecule has 0 radical (unpaired) electrons. The van der Waals surface area contributed by atoms with E-state index in [9.17, 15) is 18.0 Å². The minimum atomic E-state index is -3.79. The minimum absolute atomic E-state index is 0.0479. The third-order valence-electron chi connectivity index (χ3n) is 3.86. The lowest BCUT2D eigenvalue weighted by atomic mass is 10.0. The van der Waals surface area contributed by atoms with Crippen LogP contribution in [0.15, 0.2) is 22.4 Å². The summed E-state index contributed by atoms with van der Waals surface area (Å²) in [5.74, 6) is -0.754. The number of hydrogen-bond donors (Lipinski definition) is 2. The lowest BCUT2D eigenvalue weighted by Crippen LogP contribution is -2.28. The number of ketones is 1. The Morgan fingerprint density at radius 3 is 2.42 bits per heavy atom. The van der Waals surface area contributed by atoms with Gasteiger partial charge in [0.05, 0.1) is 16.1 Å². The third-order valence-corrected chi connectivity index (χ3v) is 8.23. The second kappa shape index (κ2) is 7.75. The van der Waals surface area contributed by atoms with Crippen molar-refractivity contribution in [2.75, 3.05) is 5.32 Å². The monoisotopic (exact) mass is 506 g/mol. The molecule has 1 heterocycles. The Morgan fingerprint density at radius 1 is 1.27 bits per heavy atom. The Hall–Kier alpha value is -1.30. The maximum atomic E-state index is 12.8. The van der Waals surface area contributed by atoms with Crippen molar-refractivity contribution < 1.29 is 18.0 Å². The van der Waals surface area contributed by atoms with E-state index >= 15 is 0 Å². The molecular formula is C17H19IN2O4S2. The highest BCUT2D eigenvalue weighted by Crippen LogP contribution is 2.31. The molecule has 0 aliphatic heterocycles. The van der Waals surface area contributed by atoms with Gasteiger partial charge in [0.25, 0.3) is 5.91 Å². The van der Waals surface area contributed by atoms with Crippen LogP contribution in [0.1, 0.15) is 45.0 Å². The summed E-state index contributed by atoms with van der Waals surface area (Å²) < 4.78 is 25.5. The van der Waals surface area contributed by atoms with Gasteiger partial charge in [0.2, 0.25) is 0 Å². The van der Waals surface area contributed by atoms with Crippen LogP contribution in [0.2, 0.25) is 0 Å². The number of nitrogens with one attached hydrogen (secondary N) is 1. The number of benzene rings is 1. The molecule has 0 spiro atoms. The average Bonchev–Trinajstić information content (AvgIpc) is 3.02. The van der Waals surface area contributed by atoms with Crippen molar-refractivity contribution in [3.8, 4) is 0 Å². The highest BCUT2D eigenvalue weighted by atomic mass is 127. The zero-order valence-electron chi connectivity index (χ0n) is 14.7. The molecule has 1 amide bonds. The number of rotatable bonds is 5.